The highest BCUT2D eigenvalue weighted by molar-refractivity contribution is 5.83. The molecule has 1 aromatic carbocycles. The average molecular weight is 165 g/mol. The Bertz CT molecular complexity index is 433. The van der Waals surface area contributed by atoms with E-state index in [1.807, 2.05) is 6.92 Å². The maximum atomic E-state index is 12.7. The van der Waals surface area contributed by atoms with Crippen molar-refractivity contribution in [3.05, 3.63) is 35.8 Å². The van der Waals surface area contributed by atoms with Crippen LogP contribution < -0.4 is 0 Å². The van der Waals surface area contributed by atoms with E-state index in [0.29, 0.717) is 5.52 Å². The van der Waals surface area contributed by atoms with Gasteiger partial charge in [0.1, 0.15) is 5.82 Å². The van der Waals surface area contributed by atoms with Crippen LogP contribution in [0.2, 0.25) is 0 Å². The standard InChI is InChI=1S/C9H8FNO/c1-6-5-11(12)9-3-2-7(10)4-8(6)9/h2-5,12H,1H3. The first-order valence-corrected chi connectivity index (χ1v) is 3.65. The van der Waals surface area contributed by atoms with Crippen LogP contribution >= 0.6 is 0 Å². The molecule has 0 radical (unpaired) electrons. The maximum absolute atomic E-state index is 12.7. The molecular formula is C9H8FNO. The topological polar surface area (TPSA) is 25.2 Å². The van der Waals surface area contributed by atoms with Crippen molar-refractivity contribution in [3.8, 4) is 0 Å². The summed E-state index contributed by atoms with van der Waals surface area (Å²) in [6.07, 6.45) is 1.56. The van der Waals surface area contributed by atoms with Gasteiger partial charge in [-0.05, 0) is 30.7 Å². The highest BCUT2D eigenvalue weighted by Crippen LogP contribution is 2.20. The Labute approximate surface area is 68.8 Å². The number of benzene rings is 1. The number of rotatable bonds is 0. The summed E-state index contributed by atoms with van der Waals surface area (Å²) >= 11 is 0. The summed E-state index contributed by atoms with van der Waals surface area (Å²) in [6, 6.07) is 4.30. The van der Waals surface area contributed by atoms with Gasteiger partial charge >= 0.3 is 0 Å². The number of hydrogen-bond donors (Lipinski definition) is 1. The van der Waals surface area contributed by atoms with Crippen LogP contribution in [0, 0.1) is 12.7 Å². The van der Waals surface area contributed by atoms with Crippen LogP contribution in [0.4, 0.5) is 4.39 Å². The van der Waals surface area contributed by atoms with Gasteiger partial charge in [-0.1, -0.05) is 0 Å². The molecule has 2 nitrogen and oxygen atoms in total. The third-order valence-electron chi connectivity index (χ3n) is 1.95. The molecule has 1 heterocycles. The van der Waals surface area contributed by atoms with Gasteiger partial charge in [0.2, 0.25) is 0 Å². The molecule has 1 aromatic heterocycles. The molecule has 0 spiro atoms. The lowest BCUT2D eigenvalue weighted by atomic mass is 10.2. The summed E-state index contributed by atoms with van der Waals surface area (Å²) in [5, 5.41) is 10.0. The smallest absolute Gasteiger partial charge is 0.123 e. The van der Waals surface area contributed by atoms with Crippen LogP contribution in [0.3, 0.4) is 0 Å². The second-order valence-corrected chi connectivity index (χ2v) is 2.82. The number of nitrogens with zero attached hydrogens (tertiary/aromatic N) is 1. The van der Waals surface area contributed by atoms with Crippen LogP contribution in [0.15, 0.2) is 24.4 Å². The van der Waals surface area contributed by atoms with Gasteiger partial charge in [-0.2, -0.15) is 4.73 Å². The highest BCUT2D eigenvalue weighted by Gasteiger charge is 2.04. The Kier molecular flexibility index (Phi) is 1.33. The number of halogens is 1. The first-order valence-electron chi connectivity index (χ1n) is 3.65. The molecule has 12 heavy (non-hydrogen) atoms. The number of aryl methyl sites for hydroxylation is 1. The fourth-order valence-corrected chi connectivity index (χ4v) is 1.35. The lowest BCUT2D eigenvalue weighted by Crippen LogP contribution is -1.85. The van der Waals surface area contributed by atoms with Gasteiger partial charge in [-0.25, -0.2) is 4.39 Å². The van der Waals surface area contributed by atoms with Crippen LogP contribution in [0.5, 0.6) is 0 Å². The van der Waals surface area contributed by atoms with Crippen LogP contribution in [-0.2, 0) is 0 Å². The summed E-state index contributed by atoms with van der Waals surface area (Å²) < 4.78 is 13.7. The predicted octanol–water partition coefficient (Wildman–Crippen LogP) is 2.33. The quantitative estimate of drug-likeness (QED) is 0.595. The number of aromatic nitrogens is 1. The lowest BCUT2D eigenvalue weighted by Gasteiger charge is -1.93. The zero-order valence-corrected chi connectivity index (χ0v) is 6.58. The minimum absolute atomic E-state index is 0.281. The summed E-state index contributed by atoms with van der Waals surface area (Å²) in [5.74, 6) is -0.281. The van der Waals surface area contributed by atoms with Gasteiger partial charge in [0, 0.05) is 11.6 Å². The van der Waals surface area contributed by atoms with E-state index in [1.54, 1.807) is 12.3 Å². The van der Waals surface area contributed by atoms with E-state index in [1.165, 1.54) is 12.1 Å². The largest absolute Gasteiger partial charge is 0.428 e. The molecule has 2 rings (SSSR count). The molecule has 62 valence electrons. The zero-order valence-electron chi connectivity index (χ0n) is 6.58. The molecule has 0 amide bonds. The third-order valence-corrected chi connectivity index (χ3v) is 1.95. The molecule has 0 saturated carbocycles. The van der Waals surface area contributed by atoms with E-state index in [4.69, 9.17) is 0 Å². The molecule has 0 saturated heterocycles. The summed E-state index contributed by atoms with van der Waals surface area (Å²) in [4.78, 5) is 0. The fourth-order valence-electron chi connectivity index (χ4n) is 1.35. The summed E-state index contributed by atoms with van der Waals surface area (Å²) in [6.45, 7) is 1.83. The first kappa shape index (κ1) is 7.16. The maximum Gasteiger partial charge on any atom is 0.123 e. The second-order valence-electron chi connectivity index (χ2n) is 2.82. The Morgan fingerprint density at radius 2 is 2.17 bits per heavy atom. The molecule has 2 aromatic rings. The molecule has 0 aliphatic rings. The Balaban J connectivity index is 2.90. The molecule has 0 bridgehead atoms. The monoisotopic (exact) mass is 165 g/mol. The van der Waals surface area contributed by atoms with Crippen molar-refractivity contribution < 1.29 is 9.60 Å². The molecular weight excluding hydrogens is 157 g/mol. The van der Waals surface area contributed by atoms with Gasteiger partial charge in [0.25, 0.3) is 0 Å². The van der Waals surface area contributed by atoms with E-state index in [9.17, 15) is 9.60 Å². The van der Waals surface area contributed by atoms with E-state index < -0.39 is 0 Å². The van der Waals surface area contributed by atoms with Gasteiger partial charge in [-0.3, -0.25) is 0 Å². The van der Waals surface area contributed by atoms with E-state index in [2.05, 4.69) is 0 Å². The molecule has 0 atom stereocenters. The Morgan fingerprint density at radius 1 is 1.42 bits per heavy atom. The van der Waals surface area contributed by atoms with Crippen molar-refractivity contribution in [2.75, 3.05) is 0 Å². The van der Waals surface area contributed by atoms with Crippen molar-refractivity contribution in [3.63, 3.8) is 0 Å². The highest BCUT2D eigenvalue weighted by atomic mass is 19.1. The third kappa shape index (κ3) is 0.863. The van der Waals surface area contributed by atoms with Crippen molar-refractivity contribution in [2.24, 2.45) is 0 Å². The first-order chi connectivity index (χ1) is 5.68. The Morgan fingerprint density at radius 3 is 2.92 bits per heavy atom. The van der Waals surface area contributed by atoms with Crippen molar-refractivity contribution in [1.82, 2.24) is 4.73 Å². The number of fused-ring (bicyclic) bond motifs is 1. The van der Waals surface area contributed by atoms with Crippen molar-refractivity contribution in [2.45, 2.75) is 6.92 Å². The lowest BCUT2D eigenvalue weighted by molar-refractivity contribution is 0.200. The van der Waals surface area contributed by atoms with E-state index >= 15 is 0 Å². The molecule has 3 heteroatoms. The molecule has 0 unspecified atom stereocenters. The van der Waals surface area contributed by atoms with Gasteiger partial charge in [0.05, 0.1) is 5.52 Å². The van der Waals surface area contributed by atoms with Crippen LogP contribution in [-0.4, -0.2) is 9.94 Å². The fraction of sp³-hybridized carbons (Fsp3) is 0.111. The summed E-state index contributed by atoms with van der Waals surface area (Å²) in [7, 11) is 0. The van der Waals surface area contributed by atoms with E-state index in [0.717, 1.165) is 15.7 Å². The van der Waals surface area contributed by atoms with Gasteiger partial charge in [-0.15, -0.1) is 0 Å². The predicted molar refractivity (Wildman–Crippen MR) is 43.8 cm³/mol. The van der Waals surface area contributed by atoms with Crippen LogP contribution in [0.25, 0.3) is 10.9 Å². The minimum atomic E-state index is -0.281. The van der Waals surface area contributed by atoms with E-state index in [-0.39, 0.29) is 5.82 Å². The minimum Gasteiger partial charge on any atom is -0.428 e. The second kappa shape index (κ2) is 2.24. The van der Waals surface area contributed by atoms with Crippen molar-refractivity contribution in [1.29, 1.82) is 0 Å². The van der Waals surface area contributed by atoms with Gasteiger partial charge < -0.3 is 5.21 Å². The molecule has 1 N–H and O–H groups in total. The molecule has 0 fully saturated rings. The Hall–Kier alpha value is -1.51. The van der Waals surface area contributed by atoms with Gasteiger partial charge in [0.15, 0.2) is 0 Å². The average Bonchev–Trinajstić information content (AvgIpc) is 2.28. The van der Waals surface area contributed by atoms with Crippen molar-refractivity contribution >= 4 is 10.9 Å². The van der Waals surface area contributed by atoms with Crippen LogP contribution in [0.1, 0.15) is 5.56 Å². The molecule has 0 aliphatic heterocycles. The zero-order chi connectivity index (χ0) is 8.72. The number of hydrogen-bond acceptors (Lipinski definition) is 1. The summed E-state index contributed by atoms with van der Waals surface area (Å²) in [5.41, 5.74) is 1.50. The molecule has 0 aliphatic carbocycles. The normalized spacial score (nSPS) is 10.8. The SMILES string of the molecule is Cc1cn(O)c2ccc(F)cc12.